The van der Waals surface area contributed by atoms with Crippen molar-refractivity contribution in [3.63, 3.8) is 0 Å². The number of carbonyl (C=O) groups excluding carboxylic acids is 1. The van der Waals surface area contributed by atoms with Gasteiger partial charge in [0.1, 0.15) is 6.10 Å². The molecule has 120 valence electrons. The van der Waals surface area contributed by atoms with E-state index >= 15 is 0 Å². The number of nitrogens with zero attached hydrogens (tertiary/aromatic N) is 2. The highest BCUT2D eigenvalue weighted by molar-refractivity contribution is 5.97. The second-order valence-electron chi connectivity index (χ2n) is 6.17. The van der Waals surface area contributed by atoms with Gasteiger partial charge in [-0.2, -0.15) is 0 Å². The van der Waals surface area contributed by atoms with Gasteiger partial charge in [-0.1, -0.05) is 18.2 Å². The van der Waals surface area contributed by atoms with Crippen LogP contribution in [-0.4, -0.2) is 54.3 Å². The molecular weight excluding hydrogens is 292 g/mol. The Morgan fingerprint density at radius 3 is 3.09 bits per heavy atom. The Labute approximate surface area is 135 Å². The summed E-state index contributed by atoms with van der Waals surface area (Å²) in [4.78, 5) is 19.3. The van der Waals surface area contributed by atoms with Crippen molar-refractivity contribution in [2.45, 2.75) is 31.1 Å². The average Bonchev–Trinajstić information content (AvgIpc) is 2.89. The summed E-state index contributed by atoms with van der Waals surface area (Å²) in [7, 11) is 1.70. The molecule has 2 aromatic rings. The number of hydrogen-bond donors (Lipinski definition) is 0. The molecule has 1 aliphatic heterocycles. The normalized spacial score (nSPS) is 27.2. The van der Waals surface area contributed by atoms with E-state index in [9.17, 15) is 4.79 Å². The summed E-state index contributed by atoms with van der Waals surface area (Å²) < 4.78 is 11.5. The van der Waals surface area contributed by atoms with Crippen molar-refractivity contribution < 1.29 is 14.3 Å². The summed E-state index contributed by atoms with van der Waals surface area (Å²) in [6.07, 6.45) is 3.62. The first kappa shape index (κ1) is 14.6. The highest BCUT2D eigenvalue weighted by Crippen LogP contribution is 2.32. The van der Waals surface area contributed by atoms with Crippen LogP contribution in [0.5, 0.6) is 0 Å². The Hall–Kier alpha value is -1.98. The lowest BCUT2D eigenvalue weighted by atomic mass is 10.1. The van der Waals surface area contributed by atoms with E-state index in [0.717, 1.165) is 23.7 Å². The zero-order chi connectivity index (χ0) is 15.8. The largest absolute Gasteiger partial charge is 0.377 e. The number of carbonyl (C=O) groups is 1. The van der Waals surface area contributed by atoms with E-state index in [0.29, 0.717) is 18.7 Å². The van der Waals surface area contributed by atoms with Crippen LogP contribution in [0.4, 0.5) is 0 Å². The number of rotatable bonds is 2. The van der Waals surface area contributed by atoms with E-state index < -0.39 is 0 Å². The Kier molecular flexibility index (Phi) is 3.75. The minimum Gasteiger partial charge on any atom is -0.377 e. The van der Waals surface area contributed by atoms with Gasteiger partial charge in [-0.25, -0.2) is 0 Å². The maximum absolute atomic E-state index is 13.0. The van der Waals surface area contributed by atoms with E-state index in [2.05, 4.69) is 4.98 Å². The number of fused-ring (bicyclic) bond motifs is 3. The quantitative estimate of drug-likeness (QED) is 0.853. The summed E-state index contributed by atoms with van der Waals surface area (Å²) in [5.41, 5.74) is 1.53. The molecule has 5 nitrogen and oxygen atoms in total. The van der Waals surface area contributed by atoms with E-state index in [4.69, 9.17) is 9.47 Å². The molecule has 0 spiro atoms. The number of ether oxygens (including phenoxy) is 2. The van der Waals surface area contributed by atoms with Crippen LogP contribution in [0.2, 0.25) is 0 Å². The first-order valence-corrected chi connectivity index (χ1v) is 8.08. The van der Waals surface area contributed by atoms with Crippen molar-refractivity contribution in [3.8, 4) is 0 Å². The van der Waals surface area contributed by atoms with Crippen LogP contribution in [0.3, 0.4) is 0 Å². The first-order valence-electron chi connectivity index (χ1n) is 8.08. The van der Waals surface area contributed by atoms with E-state index in [1.165, 1.54) is 0 Å². The van der Waals surface area contributed by atoms with Crippen molar-refractivity contribution in [1.29, 1.82) is 0 Å². The highest BCUT2D eigenvalue weighted by atomic mass is 16.5. The van der Waals surface area contributed by atoms with Gasteiger partial charge < -0.3 is 14.4 Å². The SMILES string of the molecule is CO[C@@H]1[C@H]2CC[C@H]1OCCN2C(=O)c1cnc2ccccc2c1. The van der Waals surface area contributed by atoms with Gasteiger partial charge in [-0.15, -0.1) is 0 Å². The van der Waals surface area contributed by atoms with Gasteiger partial charge >= 0.3 is 0 Å². The van der Waals surface area contributed by atoms with Crippen LogP contribution in [0.15, 0.2) is 36.5 Å². The van der Waals surface area contributed by atoms with Gasteiger partial charge in [-0.05, 0) is 25.0 Å². The van der Waals surface area contributed by atoms with Gasteiger partial charge in [0, 0.05) is 25.2 Å². The fourth-order valence-electron chi connectivity index (χ4n) is 3.81. The fourth-order valence-corrected chi connectivity index (χ4v) is 3.81. The van der Waals surface area contributed by atoms with Crippen molar-refractivity contribution in [2.75, 3.05) is 20.3 Å². The van der Waals surface area contributed by atoms with E-state index in [-0.39, 0.29) is 24.2 Å². The Morgan fingerprint density at radius 2 is 2.22 bits per heavy atom. The summed E-state index contributed by atoms with van der Waals surface area (Å²) in [5, 5.41) is 0.983. The Morgan fingerprint density at radius 1 is 1.35 bits per heavy atom. The monoisotopic (exact) mass is 312 g/mol. The van der Waals surface area contributed by atoms with Gasteiger partial charge in [0.25, 0.3) is 5.91 Å². The third-order valence-corrected chi connectivity index (χ3v) is 4.93. The molecule has 3 atom stereocenters. The Bertz CT molecular complexity index is 733. The molecule has 1 saturated carbocycles. The molecule has 1 saturated heterocycles. The van der Waals surface area contributed by atoms with Crippen molar-refractivity contribution in [1.82, 2.24) is 9.88 Å². The molecule has 2 bridgehead atoms. The molecular formula is C18H20N2O3. The van der Waals surface area contributed by atoms with Crippen LogP contribution in [0.25, 0.3) is 10.9 Å². The van der Waals surface area contributed by atoms with Crippen LogP contribution in [0.1, 0.15) is 23.2 Å². The van der Waals surface area contributed by atoms with Crippen molar-refractivity contribution in [2.24, 2.45) is 0 Å². The number of aromatic nitrogens is 1. The molecule has 2 heterocycles. The van der Waals surface area contributed by atoms with Gasteiger partial charge in [0.2, 0.25) is 0 Å². The summed E-state index contributed by atoms with van der Waals surface area (Å²) in [6.45, 7) is 1.17. The molecule has 1 aromatic carbocycles. The number of pyridine rings is 1. The first-order chi connectivity index (χ1) is 11.3. The number of para-hydroxylation sites is 1. The van der Waals surface area contributed by atoms with Crippen LogP contribution >= 0.6 is 0 Å². The predicted molar refractivity (Wildman–Crippen MR) is 86.3 cm³/mol. The van der Waals surface area contributed by atoms with Gasteiger partial charge in [-0.3, -0.25) is 9.78 Å². The number of hydrogen-bond acceptors (Lipinski definition) is 4. The third kappa shape index (κ3) is 2.50. The minimum atomic E-state index is -0.0325. The molecule has 2 aliphatic rings. The summed E-state index contributed by atoms with van der Waals surface area (Å²) in [5.74, 6) is 0.0152. The Balaban J connectivity index is 1.66. The molecule has 0 radical (unpaired) electrons. The number of amides is 1. The van der Waals surface area contributed by atoms with Crippen LogP contribution < -0.4 is 0 Å². The number of methoxy groups -OCH3 is 1. The molecule has 0 N–H and O–H groups in total. The molecule has 0 unspecified atom stereocenters. The zero-order valence-electron chi connectivity index (χ0n) is 13.1. The lowest BCUT2D eigenvalue weighted by Gasteiger charge is -2.30. The summed E-state index contributed by atoms with van der Waals surface area (Å²) >= 11 is 0. The smallest absolute Gasteiger partial charge is 0.255 e. The highest BCUT2D eigenvalue weighted by Gasteiger charge is 2.44. The second kappa shape index (κ2) is 5.91. The lowest BCUT2D eigenvalue weighted by Crippen LogP contribution is -2.46. The zero-order valence-corrected chi connectivity index (χ0v) is 13.1. The molecule has 23 heavy (non-hydrogen) atoms. The maximum Gasteiger partial charge on any atom is 0.255 e. The number of benzene rings is 1. The van der Waals surface area contributed by atoms with Crippen molar-refractivity contribution >= 4 is 16.8 Å². The fraction of sp³-hybridized carbons (Fsp3) is 0.444. The molecule has 1 aliphatic carbocycles. The standard InChI is InChI=1S/C18H20N2O3/c1-22-17-15-6-7-16(17)23-9-8-20(15)18(21)13-10-12-4-2-3-5-14(12)19-11-13/h2-5,10-11,15-17H,6-9H2,1H3/t15-,16-,17-/m1/s1. The van der Waals surface area contributed by atoms with Crippen LogP contribution in [0, 0.1) is 0 Å². The topological polar surface area (TPSA) is 51.7 Å². The molecule has 1 aromatic heterocycles. The molecule has 2 fully saturated rings. The third-order valence-electron chi connectivity index (χ3n) is 4.93. The average molecular weight is 312 g/mol. The minimum absolute atomic E-state index is 0.0152. The van der Waals surface area contributed by atoms with Crippen molar-refractivity contribution in [3.05, 3.63) is 42.1 Å². The van der Waals surface area contributed by atoms with Gasteiger partial charge in [0.15, 0.2) is 0 Å². The van der Waals surface area contributed by atoms with Crippen LogP contribution in [-0.2, 0) is 9.47 Å². The van der Waals surface area contributed by atoms with Gasteiger partial charge in [0.05, 0.1) is 29.8 Å². The molecule has 5 heteroatoms. The van der Waals surface area contributed by atoms with E-state index in [1.54, 1.807) is 13.3 Å². The predicted octanol–water partition coefficient (Wildman–Crippen LogP) is 2.25. The van der Waals surface area contributed by atoms with E-state index in [1.807, 2.05) is 35.2 Å². The maximum atomic E-state index is 13.0. The second-order valence-corrected chi connectivity index (χ2v) is 6.17. The summed E-state index contributed by atoms with van der Waals surface area (Å²) in [6, 6.07) is 9.85. The molecule has 1 amide bonds. The lowest BCUT2D eigenvalue weighted by molar-refractivity contribution is -0.0316. The molecule has 4 rings (SSSR count).